The van der Waals surface area contributed by atoms with Crippen molar-refractivity contribution in [1.29, 1.82) is 0 Å². The smallest absolute Gasteiger partial charge is 0.339 e. The molecule has 60 valence electrons. The van der Waals surface area contributed by atoms with Crippen LogP contribution in [0, 0.1) is 23.9 Å². The van der Waals surface area contributed by atoms with Crippen LogP contribution in [0.3, 0.4) is 0 Å². The summed E-state index contributed by atoms with van der Waals surface area (Å²) in [7, 11) is -3.77. The molecule has 0 rings (SSSR count). The Hall–Kier alpha value is -0.486. The number of hydrogen-bond donors (Lipinski definition) is 0. The Labute approximate surface area is 71.4 Å². The van der Waals surface area contributed by atoms with Gasteiger partial charge in [0.1, 0.15) is 0 Å². The van der Waals surface area contributed by atoms with Crippen LogP contribution >= 0.6 is 0 Å². The molecule has 0 amide bonds. The van der Waals surface area contributed by atoms with Crippen molar-refractivity contribution in [3.63, 3.8) is 0 Å². The quantitative estimate of drug-likeness (QED) is 0.467. The number of rotatable bonds is 2. The largest absolute Gasteiger partial charge is 0.438 e. The van der Waals surface area contributed by atoms with Crippen LogP contribution < -0.4 is 0 Å². The molecule has 0 bridgehead atoms. The van der Waals surface area contributed by atoms with E-state index in [1.54, 1.807) is 0 Å². The zero-order valence-corrected chi connectivity index (χ0v) is 9.56. The topological polar surface area (TPSA) is 9.23 Å². The van der Waals surface area contributed by atoms with E-state index in [2.05, 4.69) is 30.7 Å². The van der Waals surface area contributed by atoms with Crippen LogP contribution in [0.2, 0.25) is 26.2 Å². The first-order valence-corrected chi connectivity index (χ1v) is 9.30. The molecule has 0 aromatic heterocycles. The van der Waals surface area contributed by atoms with Crippen molar-refractivity contribution in [3.05, 3.63) is 0 Å². The predicted molar refractivity (Wildman–Crippen MR) is 53.7 cm³/mol. The maximum Gasteiger partial charge on any atom is 0.339 e. The molecule has 0 saturated carbocycles. The maximum absolute atomic E-state index is 5.73. The normalized spacial score (nSPS) is 11.8. The van der Waals surface area contributed by atoms with Crippen molar-refractivity contribution in [3.8, 4) is 23.9 Å². The number of terminal acetylenes is 2. The minimum Gasteiger partial charge on any atom is -0.438 e. The lowest BCUT2D eigenvalue weighted by Crippen LogP contribution is -2.43. The van der Waals surface area contributed by atoms with Gasteiger partial charge in [0, 0.05) is 0 Å². The molecule has 0 aliphatic rings. The first-order valence-electron chi connectivity index (χ1n) is 3.49. The first kappa shape index (κ1) is 10.5. The second-order valence-corrected chi connectivity index (χ2v) is 11.2. The van der Waals surface area contributed by atoms with Gasteiger partial charge in [-0.2, -0.15) is 0 Å². The zero-order chi connectivity index (χ0) is 9.12. The van der Waals surface area contributed by atoms with Gasteiger partial charge in [0.25, 0.3) is 0 Å². The lowest BCUT2D eigenvalue weighted by Gasteiger charge is -2.25. The summed E-state index contributed by atoms with van der Waals surface area (Å²) >= 11 is 0. The first-order chi connectivity index (χ1) is 4.83. The Morgan fingerprint density at radius 3 is 1.45 bits per heavy atom. The average Bonchev–Trinajstić information content (AvgIpc) is 1.84. The summed E-state index contributed by atoms with van der Waals surface area (Å²) in [5, 5.41) is 0. The van der Waals surface area contributed by atoms with Gasteiger partial charge in [-0.1, -0.05) is 11.1 Å². The zero-order valence-electron chi connectivity index (χ0n) is 7.56. The van der Waals surface area contributed by atoms with Gasteiger partial charge >= 0.3 is 8.32 Å². The van der Waals surface area contributed by atoms with Crippen molar-refractivity contribution in [2.45, 2.75) is 26.2 Å². The van der Waals surface area contributed by atoms with Gasteiger partial charge in [-0.15, -0.1) is 12.8 Å². The molecule has 1 nitrogen and oxygen atoms in total. The van der Waals surface area contributed by atoms with E-state index in [-0.39, 0.29) is 0 Å². The Balaban J connectivity index is 4.40. The third-order valence-electron chi connectivity index (χ3n) is 1.06. The van der Waals surface area contributed by atoms with E-state index in [0.717, 1.165) is 0 Å². The molecule has 0 atom stereocenters. The second-order valence-electron chi connectivity index (χ2n) is 3.54. The van der Waals surface area contributed by atoms with Gasteiger partial charge in [-0.05, 0) is 26.2 Å². The minimum atomic E-state index is -2.22. The molecular weight excluding hydrogens is 168 g/mol. The molecule has 0 radical (unpaired) electrons. The Bertz CT molecular complexity index is 200. The van der Waals surface area contributed by atoms with Crippen molar-refractivity contribution in [2.24, 2.45) is 0 Å². The fourth-order valence-electron chi connectivity index (χ4n) is 0.713. The highest BCUT2D eigenvalue weighted by atomic mass is 28.4. The van der Waals surface area contributed by atoms with E-state index in [0.29, 0.717) is 0 Å². The van der Waals surface area contributed by atoms with Crippen molar-refractivity contribution >= 4 is 16.6 Å². The molecule has 0 fully saturated rings. The van der Waals surface area contributed by atoms with Crippen LogP contribution in [0.4, 0.5) is 0 Å². The summed E-state index contributed by atoms with van der Waals surface area (Å²) in [5.74, 6) is 0. The minimum absolute atomic E-state index is 1.56. The standard InChI is InChI=1S/C8H14OSi2/c1-7-11(6,8-2)9-10(3,4)5/h1-2H,3-6H3. The SMILES string of the molecule is C#C[Si](C)(C#C)O[Si](C)(C)C. The highest BCUT2D eigenvalue weighted by Crippen LogP contribution is 2.11. The second kappa shape index (κ2) is 3.27. The Kier molecular flexibility index (Phi) is 3.13. The summed E-state index contributed by atoms with van der Waals surface area (Å²) in [6, 6.07) is 0. The summed E-state index contributed by atoms with van der Waals surface area (Å²) in [4.78, 5) is 0. The van der Waals surface area contributed by atoms with Crippen LogP contribution in [0.1, 0.15) is 0 Å². The maximum atomic E-state index is 5.73. The van der Waals surface area contributed by atoms with Crippen molar-refractivity contribution in [2.75, 3.05) is 0 Å². The Morgan fingerprint density at radius 1 is 1.00 bits per heavy atom. The van der Waals surface area contributed by atoms with E-state index in [9.17, 15) is 0 Å². The lowest BCUT2D eigenvalue weighted by molar-refractivity contribution is 0.576. The van der Waals surface area contributed by atoms with Gasteiger partial charge in [0.2, 0.25) is 0 Å². The van der Waals surface area contributed by atoms with Crippen LogP contribution in [-0.4, -0.2) is 16.6 Å². The number of hydrogen-bond acceptors (Lipinski definition) is 1. The van der Waals surface area contributed by atoms with Crippen LogP contribution in [0.25, 0.3) is 0 Å². The summed E-state index contributed by atoms with van der Waals surface area (Å²) in [6.45, 7) is 8.15. The van der Waals surface area contributed by atoms with E-state index in [1.165, 1.54) is 0 Å². The molecule has 0 aliphatic carbocycles. The van der Waals surface area contributed by atoms with Crippen molar-refractivity contribution < 1.29 is 4.12 Å². The molecule has 0 unspecified atom stereocenters. The Morgan fingerprint density at radius 2 is 1.36 bits per heavy atom. The van der Waals surface area contributed by atoms with Gasteiger partial charge in [0.05, 0.1) is 0 Å². The summed E-state index contributed by atoms with van der Waals surface area (Å²) in [6.07, 6.45) is 10.6. The fraction of sp³-hybridized carbons (Fsp3) is 0.500. The molecule has 0 aliphatic heterocycles. The lowest BCUT2D eigenvalue weighted by atomic mass is 11.4. The van der Waals surface area contributed by atoms with E-state index >= 15 is 0 Å². The molecule has 0 spiro atoms. The third-order valence-corrected chi connectivity index (χ3v) is 6.25. The predicted octanol–water partition coefficient (Wildman–Crippen LogP) is 1.76. The van der Waals surface area contributed by atoms with Gasteiger partial charge < -0.3 is 4.12 Å². The fourth-order valence-corrected chi connectivity index (χ4v) is 6.17. The molecule has 0 aromatic rings. The molecule has 0 heterocycles. The molecule has 0 saturated heterocycles. The van der Waals surface area contributed by atoms with Crippen LogP contribution in [0.5, 0.6) is 0 Å². The average molecular weight is 182 g/mol. The summed E-state index contributed by atoms with van der Waals surface area (Å²) in [5.41, 5.74) is 5.20. The molecule has 3 heteroatoms. The summed E-state index contributed by atoms with van der Waals surface area (Å²) < 4.78 is 5.73. The molecular formula is C8H14OSi2. The highest BCUT2D eigenvalue weighted by Gasteiger charge is 2.30. The third kappa shape index (κ3) is 4.05. The van der Waals surface area contributed by atoms with Crippen LogP contribution in [-0.2, 0) is 4.12 Å². The molecule has 0 aromatic carbocycles. The highest BCUT2D eigenvalue weighted by molar-refractivity contribution is 6.94. The molecule has 0 N–H and O–H groups in total. The van der Waals surface area contributed by atoms with E-state index in [1.807, 2.05) is 6.55 Å². The molecule has 11 heavy (non-hydrogen) atoms. The van der Waals surface area contributed by atoms with Crippen molar-refractivity contribution in [1.82, 2.24) is 0 Å². The van der Waals surface area contributed by atoms with Gasteiger partial charge in [-0.25, -0.2) is 0 Å². The van der Waals surface area contributed by atoms with Gasteiger partial charge in [0.15, 0.2) is 8.32 Å². The van der Waals surface area contributed by atoms with Gasteiger partial charge in [-0.3, -0.25) is 0 Å². The van der Waals surface area contributed by atoms with E-state index in [4.69, 9.17) is 17.0 Å². The monoisotopic (exact) mass is 182 g/mol. The van der Waals surface area contributed by atoms with Crippen LogP contribution in [0.15, 0.2) is 0 Å². The van der Waals surface area contributed by atoms with E-state index < -0.39 is 16.6 Å².